The van der Waals surface area contributed by atoms with Crippen molar-refractivity contribution >= 4 is 17.8 Å². The summed E-state index contributed by atoms with van der Waals surface area (Å²) in [4.78, 5) is 49.6. The number of likely N-dealkylation sites (tertiary alicyclic amines) is 2. The number of pyridine rings is 1. The Kier molecular flexibility index (Phi) is 6.47. The van der Waals surface area contributed by atoms with E-state index in [2.05, 4.69) is 15.0 Å². The van der Waals surface area contributed by atoms with Crippen molar-refractivity contribution < 1.29 is 32.7 Å². The Morgan fingerprint density at radius 3 is 2.35 bits per heavy atom. The number of aliphatic carboxylic acids is 1. The average Bonchev–Trinajstić information content (AvgIpc) is 3.28. The highest BCUT2D eigenvalue weighted by Crippen LogP contribution is 2.33. The molecule has 0 aromatic carbocycles. The molecule has 4 heterocycles. The van der Waals surface area contributed by atoms with E-state index < -0.39 is 12.1 Å². The number of carboxylic acids is 1. The van der Waals surface area contributed by atoms with Gasteiger partial charge in [0, 0.05) is 56.9 Å². The lowest BCUT2D eigenvalue weighted by Crippen LogP contribution is -2.35. The van der Waals surface area contributed by atoms with E-state index in [9.17, 15) is 22.8 Å². The molecule has 2 atom stereocenters. The van der Waals surface area contributed by atoms with Crippen LogP contribution in [0.15, 0.2) is 43.1 Å². The number of nitrogens with zero attached hydrogens (tertiary/aromatic N) is 5. The number of aromatic nitrogens is 3. The second-order valence-electron chi connectivity index (χ2n) is 7.05. The molecular weight excluding hydrogens is 419 g/mol. The van der Waals surface area contributed by atoms with Gasteiger partial charge in [0.15, 0.2) is 0 Å². The minimum Gasteiger partial charge on any atom is -0.475 e. The summed E-state index contributed by atoms with van der Waals surface area (Å²) in [5.41, 5.74) is 1.36. The molecular formula is C19H18F3N5O4. The largest absolute Gasteiger partial charge is 0.490 e. The summed E-state index contributed by atoms with van der Waals surface area (Å²) in [6.07, 6.45) is 2.93. The Hall–Kier alpha value is -3.57. The Labute approximate surface area is 174 Å². The fraction of sp³-hybridized carbons (Fsp3) is 0.368. The Morgan fingerprint density at radius 2 is 1.81 bits per heavy atom. The highest BCUT2D eigenvalue weighted by atomic mass is 19.4. The summed E-state index contributed by atoms with van der Waals surface area (Å²) < 4.78 is 31.7. The van der Waals surface area contributed by atoms with Crippen molar-refractivity contribution in [2.24, 2.45) is 11.8 Å². The van der Waals surface area contributed by atoms with Gasteiger partial charge in [-0.05, 0) is 11.6 Å². The number of hydrogen-bond acceptors (Lipinski definition) is 6. The van der Waals surface area contributed by atoms with E-state index in [1.54, 1.807) is 17.3 Å². The van der Waals surface area contributed by atoms with Gasteiger partial charge in [0.05, 0.1) is 12.1 Å². The molecule has 0 radical (unpaired) electrons. The number of rotatable bonds is 3. The molecule has 2 amide bonds. The third-order valence-electron chi connectivity index (χ3n) is 4.93. The molecule has 0 bridgehead atoms. The first-order valence-corrected chi connectivity index (χ1v) is 9.20. The maximum Gasteiger partial charge on any atom is 0.490 e. The van der Waals surface area contributed by atoms with Crippen LogP contribution in [-0.2, 0) is 16.1 Å². The molecule has 9 nitrogen and oxygen atoms in total. The zero-order chi connectivity index (χ0) is 22.6. The topological polar surface area (TPSA) is 117 Å². The fourth-order valence-corrected chi connectivity index (χ4v) is 3.54. The van der Waals surface area contributed by atoms with Gasteiger partial charge in [-0.15, -0.1) is 0 Å². The maximum absolute atomic E-state index is 12.6. The van der Waals surface area contributed by atoms with Crippen LogP contribution in [0.4, 0.5) is 13.2 Å². The van der Waals surface area contributed by atoms with Gasteiger partial charge in [0.2, 0.25) is 5.91 Å². The van der Waals surface area contributed by atoms with Gasteiger partial charge in [0.1, 0.15) is 5.69 Å². The third-order valence-corrected chi connectivity index (χ3v) is 4.93. The number of carbonyl (C=O) groups excluding carboxylic acids is 2. The lowest BCUT2D eigenvalue weighted by Gasteiger charge is -2.21. The number of carbonyl (C=O) groups is 3. The van der Waals surface area contributed by atoms with Crippen LogP contribution >= 0.6 is 0 Å². The monoisotopic (exact) mass is 437 g/mol. The summed E-state index contributed by atoms with van der Waals surface area (Å²) >= 11 is 0. The highest BCUT2D eigenvalue weighted by Gasteiger charge is 2.47. The van der Waals surface area contributed by atoms with Gasteiger partial charge in [-0.3, -0.25) is 19.6 Å². The molecule has 2 aliphatic heterocycles. The van der Waals surface area contributed by atoms with Crippen LogP contribution in [0.3, 0.4) is 0 Å². The van der Waals surface area contributed by atoms with Crippen LogP contribution < -0.4 is 0 Å². The van der Waals surface area contributed by atoms with Gasteiger partial charge >= 0.3 is 12.1 Å². The first-order chi connectivity index (χ1) is 14.7. The van der Waals surface area contributed by atoms with Crippen LogP contribution in [0.5, 0.6) is 0 Å². The Balaban J connectivity index is 0.000000339. The van der Waals surface area contributed by atoms with E-state index in [-0.39, 0.29) is 23.7 Å². The molecule has 2 aliphatic rings. The predicted molar refractivity (Wildman–Crippen MR) is 98.3 cm³/mol. The van der Waals surface area contributed by atoms with Crippen LogP contribution in [0, 0.1) is 11.8 Å². The van der Waals surface area contributed by atoms with Gasteiger partial charge in [-0.2, -0.15) is 13.2 Å². The lowest BCUT2D eigenvalue weighted by molar-refractivity contribution is -0.192. The van der Waals surface area contributed by atoms with Crippen LogP contribution in [0.25, 0.3) is 0 Å². The van der Waals surface area contributed by atoms with Crippen molar-refractivity contribution in [2.45, 2.75) is 12.7 Å². The van der Waals surface area contributed by atoms with Crippen LogP contribution in [-0.4, -0.2) is 73.5 Å². The molecule has 0 saturated carbocycles. The maximum atomic E-state index is 12.6. The lowest BCUT2D eigenvalue weighted by atomic mass is 10.0. The standard InChI is InChI=1S/C17H17N5O2.C2HF3O2/c23-16-14-11-22(17(24)15-7-19-4-5-20-15)10-13(14)9-21(16)8-12-2-1-3-18-6-12;3-2(4,5)1(6)7/h1-7,13-14H,8-11H2;(H,6,7)/t13-,14+;/m1./s1. The minimum absolute atomic E-state index is 0.109. The first-order valence-electron chi connectivity index (χ1n) is 9.20. The van der Waals surface area contributed by atoms with E-state index in [0.29, 0.717) is 31.9 Å². The molecule has 31 heavy (non-hydrogen) atoms. The van der Waals surface area contributed by atoms with E-state index in [1.807, 2.05) is 17.0 Å². The Bertz CT molecular complexity index is 943. The van der Waals surface area contributed by atoms with Gasteiger partial charge in [-0.25, -0.2) is 9.78 Å². The van der Waals surface area contributed by atoms with Crippen LogP contribution in [0.1, 0.15) is 16.1 Å². The quantitative estimate of drug-likeness (QED) is 0.768. The van der Waals surface area contributed by atoms with Gasteiger partial charge < -0.3 is 14.9 Å². The van der Waals surface area contributed by atoms with Gasteiger partial charge in [0.25, 0.3) is 5.91 Å². The molecule has 0 spiro atoms. The zero-order valence-corrected chi connectivity index (χ0v) is 16.1. The van der Waals surface area contributed by atoms with Crippen LogP contribution in [0.2, 0.25) is 0 Å². The number of amides is 2. The smallest absolute Gasteiger partial charge is 0.475 e. The summed E-state index contributed by atoms with van der Waals surface area (Å²) in [6.45, 7) is 2.32. The molecule has 164 valence electrons. The SMILES string of the molecule is O=C(O)C(F)(F)F.O=C(c1cnccn1)N1C[C@H]2CN(Cc3cccnc3)C(=O)[C@H]2C1. The number of carboxylic acid groups (broad SMARTS) is 1. The van der Waals surface area contributed by atoms with Gasteiger partial charge in [-0.1, -0.05) is 6.07 Å². The summed E-state index contributed by atoms with van der Waals surface area (Å²) in [7, 11) is 0. The summed E-state index contributed by atoms with van der Waals surface area (Å²) in [5.74, 6) is -2.70. The molecule has 1 N–H and O–H groups in total. The van der Waals surface area contributed by atoms with E-state index in [1.165, 1.54) is 18.6 Å². The molecule has 2 saturated heterocycles. The zero-order valence-electron chi connectivity index (χ0n) is 16.1. The summed E-state index contributed by atoms with van der Waals surface area (Å²) in [6, 6.07) is 3.84. The van der Waals surface area contributed by atoms with Crippen molar-refractivity contribution in [1.29, 1.82) is 0 Å². The van der Waals surface area contributed by atoms with E-state index in [0.717, 1.165) is 5.56 Å². The van der Waals surface area contributed by atoms with E-state index in [4.69, 9.17) is 9.90 Å². The second kappa shape index (κ2) is 9.06. The third kappa shape index (κ3) is 5.32. The van der Waals surface area contributed by atoms with Crippen molar-refractivity contribution in [1.82, 2.24) is 24.8 Å². The fourth-order valence-electron chi connectivity index (χ4n) is 3.54. The van der Waals surface area contributed by atoms with Crippen molar-refractivity contribution in [3.63, 3.8) is 0 Å². The second-order valence-corrected chi connectivity index (χ2v) is 7.05. The predicted octanol–water partition coefficient (Wildman–Crippen LogP) is 1.24. The number of alkyl halides is 3. The molecule has 2 aromatic rings. The van der Waals surface area contributed by atoms with Crippen molar-refractivity contribution in [2.75, 3.05) is 19.6 Å². The number of hydrogen-bond donors (Lipinski definition) is 1. The molecule has 0 aliphatic carbocycles. The normalized spacial score (nSPS) is 20.2. The van der Waals surface area contributed by atoms with E-state index >= 15 is 0 Å². The molecule has 2 aromatic heterocycles. The average molecular weight is 437 g/mol. The minimum atomic E-state index is -5.08. The number of halogens is 3. The summed E-state index contributed by atoms with van der Waals surface area (Å²) in [5, 5.41) is 7.12. The molecule has 0 unspecified atom stereocenters. The Morgan fingerprint density at radius 1 is 1.10 bits per heavy atom. The van der Waals surface area contributed by atoms with Crippen molar-refractivity contribution in [3.8, 4) is 0 Å². The highest BCUT2D eigenvalue weighted by molar-refractivity contribution is 5.93. The first kappa shape index (κ1) is 22.1. The number of fused-ring (bicyclic) bond motifs is 1. The molecule has 4 rings (SSSR count). The molecule has 12 heteroatoms. The molecule has 2 fully saturated rings. The van der Waals surface area contributed by atoms with Crippen molar-refractivity contribution in [3.05, 3.63) is 54.4 Å².